The fraction of sp³-hybridized carbons (Fsp3) is 0.250. The molecule has 5 heteroatoms. The van der Waals surface area contributed by atoms with Gasteiger partial charge in [-0.3, -0.25) is 9.89 Å². The van der Waals surface area contributed by atoms with Crippen molar-refractivity contribution in [3.05, 3.63) is 28.2 Å². The zero-order valence-corrected chi connectivity index (χ0v) is 7.24. The van der Waals surface area contributed by atoms with Crippen LogP contribution in [0.4, 0.5) is 5.82 Å². The largest absolute Gasteiger partial charge is 0.384 e. The molecule has 2 aromatic rings. The van der Waals surface area contributed by atoms with E-state index in [2.05, 4.69) is 10.1 Å². The molecule has 2 aromatic heterocycles. The van der Waals surface area contributed by atoms with Crippen molar-refractivity contribution in [1.29, 1.82) is 0 Å². The molecule has 68 valence electrons. The van der Waals surface area contributed by atoms with Gasteiger partial charge < -0.3 is 5.73 Å². The number of nitrogens with two attached hydrogens (primary N) is 1. The fourth-order valence-electron chi connectivity index (χ4n) is 1.24. The summed E-state index contributed by atoms with van der Waals surface area (Å²) in [6.07, 6.45) is 0.747. The average Bonchev–Trinajstić information content (AvgIpc) is 2.46. The maximum atomic E-state index is 11.4. The van der Waals surface area contributed by atoms with Gasteiger partial charge in [0.15, 0.2) is 5.65 Å². The van der Waals surface area contributed by atoms with E-state index in [1.807, 2.05) is 6.92 Å². The molecule has 0 amide bonds. The molecule has 0 unspecified atom stereocenters. The first-order valence-electron chi connectivity index (χ1n) is 4.08. The Hall–Kier alpha value is -1.78. The van der Waals surface area contributed by atoms with Crippen LogP contribution >= 0.6 is 0 Å². The van der Waals surface area contributed by atoms with E-state index in [9.17, 15) is 4.79 Å². The van der Waals surface area contributed by atoms with E-state index >= 15 is 0 Å². The Morgan fingerprint density at radius 2 is 2.38 bits per heavy atom. The topological polar surface area (TPSA) is 76.2 Å². The normalized spacial score (nSPS) is 10.8. The molecule has 3 N–H and O–H groups in total. The van der Waals surface area contributed by atoms with E-state index in [1.165, 1.54) is 10.6 Å². The quantitative estimate of drug-likeness (QED) is 0.653. The van der Waals surface area contributed by atoms with E-state index in [4.69, 9.17) is 5.73 Å². The Bertz CT molecular complexity index is 496. The second-order valence-corrected chi connectivity index (χ2v) is 2.84. The van der Waals surface area contributed by atoms with E-state index in [0.29, 0.717) is 11.5 Å². The lowest BCUT2D eigenvalue weighted by Crippen LogP contribution is -2.15. The third-order valence-corrected chi connectivity index (χ3v) is 1.89. The number of hydrogen-bond donors (Lipinski definition) is 2. The molecule has 2 heterocycles. The molecule has 5 nitrogen and oxygen atoms in total. The maximum absolute atomic E-state index is 11.4. The Morgan fingerprint density at radius 3 is 3.08 bits per heavy atom. The highest BCUT2D eigenvalue weighted by molar-refractivity contribution is 5.47. The highest BCUT2D eigenvalue weighted by Gasteiger charge is 2.02. The zero-order valence-electron chi connectivity index (χ0n) is 7.24. The lowest BCUT2D eigenvalue weighted by molar-refractivity contribution is 0.880. The summed E-state index contributed by atoms with van der Waals surface area (Å²) in [5.74, 6) is 0.442. The highest BCUT2D eigenvalue weighted by atomic mass is 16.1. The van der Waals surface area contributed by atoms with Gasteiger partial charge in [-0.05, 0) is 6.42 Å². The van der Waals surface area contributed by atoms with Gasteiger partial charge in [-0.15, -0.1) is 0 Å². The number of nitrogens with zero attached hydrogens (tertiary/aromatic N) is 2. The van der Waals surface area contributed by atoms with Crippen LogP contribution in [0.25, 0.3) is 5.65 Å². The Balaban J connectivity index is 2.83. The first kappa shape index (κ1) is 7.85. The van der Waals surface area contributed by atoms with E-state index < -0.39 is 0 Å². The van der Waals surface area contributed by atoms with Crippen LogP contribution in [-0.2, 0) is 6.42 Å². The molecule has 0 fully saturated rings. The fourth-order valence-corrected chi connectivity index (χ4v) is 1.24. The SMILES string of the molecule is CCc1cc(=O)n2[nH]c(N)cc2n1. The first-order chi connectivity index (χ1) is 6.20. The predicted octanol–water partition coefficient (Wildman–Crippen LogP) is 0.167. The molecule has 0 aromatic carbocycles. The van der Waals surface area contributed by atoms with E-state index in [0.717, 1.165) is 12.1 Å². The van der Waals surface area contributed by atoms with Gasteiger partial charge in [-0.25, -0.2) is 4.98 Å². The smallest absolute Gasteiger partial charge is 0.272 e. The monoisotopic (exact) mass is 178 g/mol. The molecule has 0 spiro atoms. The maximum Gasteiger partial charge on any atom is 0.272 e. The van der Waals surface area contributed by atoms with Crippen molar-refractivity contribution in [2.45, 2.75) is 13.3 Å². The average molecular weight is 178 g/mol. The van der Waals surface area contributed by atoms with Crippen molar-refractivity contribution in [3.63, 3.8) is 0 Å². The van der Waals surface area contributed by atoms with Crippen LogP contribution < -0.4 is 11.3 Å². The van der Waals surface area contributed by atoms with Crippen LogP contribution in [0.15, 0.2) is 16.9 Å². The molecule has 0 radical (unpaired) electrons. The number of anilines is 1. The number of aryl methyl sites for hydroxylation is 1. The van der Waals surface area contributed by atoms with Gasteiger partial charge in [0, 0.05) is 17.8 Å². The third kappa shape index (κ3) is 1.18. The molecule has 0 aliphatic heterocycles. The summed E-state index contributed by atoms with van der Waals surface area (Å²) in [6, 6.07) is 3.14. The van der Waals surface area contributed by atoms with Crippen LogP contribution in [0.5, 0.6) is 0 Å². The van der Waals surface area contributed by atoms with Crippen molar-refractivity contribution in [2.24, 2.45) is 0 Å². The molecule has 2 rings (SSSR count). The summed E-state index contributed by atoms with van der Waals surface area (Å²) in [5, 5.41) is 2.70. The summed E-state index contributed by atoms with van der Waals surface area (Å²) in [7, 11) is 0. The van der Waals surface area contributed by atoms with Crippen molar-refractivity contribution in [3.8, 4) is 0 Å². The van der Waals surface area contributed by atoms with Gasteiger partial charge in [0.05, 0.1) is 0 Å². The number of rotatable bonds is 1. The minimum atomic E-state index is -0.126. The molecule has 0 saturated carbocycles. The molecule has 0 aliphatic rings. The number of H-pyrrole nitrogens is 1. The minimum absolute atomic E-state index is 0.126. The standard InChI is InChI=1S/C8H10N4O/c1-2-5-3-8(13)12-7(10-5)4-6(9)11-12/h3-4,11H,2,9H2,1H3. The van der Waals surface area contributed by atoms with Gasteiger partial charge >= 0.3 is 0 Å². The van der Waals surface area contributed by atoms with Crippen LogP contribution in [0.1, 0.15) is 12.6 Å². The van der Waals surface area contributed by atoms with Crippen LogP contribution in [-0.4, -0.2) is 14.6 Å². The molecule has 13 heavy (non-hydrogen) atoms. The van der Waals surface area contributed by atoms with Crippen molar-refractivity contribution >= 4 is 11.5 Å². The number of hydrogen-bond acceptors (Lipinski definition) is 3. The minimum Gasteiger partial charge on any atom is -0.384 e. The molecular weight excluding hydrogens is 168 g/mol. The van der Waals surface area contributed by atoms with Crippen molar-refractivity contribution < 1.29 is 0 Å². The highest BCUT2D eigenvalue weighted by Crippen LogP contribution is 2.03. The number of aromatic amines is 1. The number of fused-ring (bicyclic) bond motifs is 1. The van der Waals surface area contributed by atoms with E-state index in [-0.39, 0.29) is 5.56 Å². The molecule has 0 bridgehead atoms. The third-order valence-electron chi connectivity index (χ3n) is 1.89. The second kappa shape index (κ2) is 2.62. The van der Waals surface area contributed by atoms with Gasteiger partial charge in [0.25, 0.3) is 5.56 Å². The number of aromatic nitrogens is 3. The Kier molecular flexibility index (Phi) is 1.58. The van der Waals surface area contributed by atoms with Crippen molar-refractivity contribution in [2.75, 3.05) is 5.73 Å². The zero-order chi connectivity index (χ0) is 9.42. The Morgan fingerprint density at radius 1 is 1.62 bits per heavy atom. The van der Waals surface area contributed by atoms with Gasteiger partial charge in [0.2, 0.25) is 0 Å². The van der Waals surface area contributed by atoms with Gasteiger partial charge in [-0.2, -0.15) is 4.52 Å². The molecule has 0 atom stereocenters. The summed E-state index contributed by atoms with van der Waals surface area (Å²) < 4.78 is 1.33. The lowest BCUT2D eigenvalue weighted by Gasteiger charge is -1.95. The van der Waals surface area contributed by atoms with Crippen LogP contribution in [0.2, 0.25) is 0 Å². The van der Waals surface area contributed by atoms with Crippen LogP contribution in [0, 0.1) is 0 Å². The van der Waals surface area contributed by atoms with E-state index in [1.54, 1.807) is 6.07 Å². The first-order valence-corrected chi connectivity index (χ1v) is 4.08. The number of nitrogen functional groups attached to an aromatic ring is 1. The number of nitrogens with one attached hydrogen (secondary N) is 1. The Labute approximate surface area is 74.2 Å². The summed E-state index contributed by atoms with van der Waals surface area (Å²) in [6.45, 7) is 1.95. The summed E-state index contributed by atoms with van der Waals surface area (Å²) in [5.41, 5.74) is 6.72. The summed E-state index contributed by atoms with van der Waals surface area (Å²) >= 11 is 0. The molecular formula is C8H10N4O. The molecule has 0 saturated heterocycles. The summed E-state index contributed by atoms with van der Waals surface area (Å²) in [4.78, 5) is 15.6. The van der Waals surface area contributed by atoms with Gasteiger partial charge in [0.1, 0.15) is 5.82 Å². The van der Waals surface area contributed by atoms with Crippen LogP contribution in [0.3, 0.4) is 0 Å². The van der Waals surface area contributed by atoms with Crippen molar-refractivity contribution in [1.82, 2.24) is 14.6 Å². The predicted molar refractivity (Wildman–Crippen MR) is 49.6 cm³/mol. The second-order valence-electron chi connectivity index (χ2n) is 2.84. The molecule has 0 aliphatic carbocycles. The van der Waals surface area contributed by atoms with Gasteiger partial charge in [-0.1, -0.05) is 6.92 Å². The lowest BCUT2D eigenvalue weighted by atomic mass is 10.3.